The van der Waals surface area contributed by atoms with Crippen molar-refractivity contribution in [3.8, 4) is 0 Å². The maximum absolute atomic E-state index is 14.0. The van der Waals surface area contributed by atoms with Gasteiger partial charge in [0.05, 0.1) is 24.8 Å². The molecule has 0 radical (unpaired) electrons. The topological polar surface area (TPSA) is 66.8 Å². The van der Waals surface area contributed by atoms with Crippen molar-refractivity contribution in [1.29, 1.82) is 0 Å². The number of hydrogen-bond donors (Lipinski definition) is 1. The van der Waals surface area contributed by atoms with Crippen molar-refractivity contribution in [2.45, 2.75) is 13.0 Å². The Morgan fingerprint density at radius 2 is 2.24 bits per heavy atom. The Morgan fingerprint density at radius 3 is 2.86 bits per heavy atom. The molecule has 1 amide bonds. The first-order valence-electron chi connectivity index (χ1n) is 6.58. The van der Waals surface area contributed by atoms with Gasteiger partial charge in [0.15, 0.2) is 0 Å². The van der Waals surface area contributed by atoms with Crippen molar-refractivity contribution in [1.82, 2.24) is 4.90 Å². The molecule has 1 aromatic rings. The van der Waals surface area contributed by atoms with Crippen LogP contribution in [0.15, 0.2) is 24.3 Å². The SMILES string of the molecule is CC1COCCN1C(=O)c1ccc(C=CC(=O)O)cc1F. The van der Waals surface area contributed by atoms with Crippen molar-refractivity contribution in [2.75, 3.05) is 19.8 Å². The van der Waals surface area contributed by atoms with Gasteiger partial charge in [-0.2, -0.15) is 0 Å². The number of carbonyl (C=O) groups excluding carboxylic acids is 1. The highest BCUT2D eigenvalue weighted by atomic mass is 19.1. The molecule has 5 nitrogen and oxygen atoms in total. The van der Waals surface area contributed by atoms with E-state index < -0.39 is 11.8 Å². The zero-order chi connectivity index (χ0) is 15.4. The standard InChI is InChI=1S/C15H16FNO4/c1-10-9-21-7-6-17(10)15(20)12-4-2-11(8-13(12)16)3-5-14(18)19/h2-5,8,10H,6-7,9H2,1H3,(H,18,19). The largest absolute Gasteiger partial charge is 0.478 e. The normalized spacial score (nSPS) is 19.0. The van der Waals surface area contributed by atoms with Gasteiger partial charge in [0.2, 0.25) is 0 Å². The average molecular weight is 293 g/mol. The second-order valence-electron chi connectivity index (χ2n) is 4.83. The lowest BCUT2D eigenvalue weighted by molar-refractivity contribution is -0.131. The van der Waals surface area contributed by atoms with Crippen LogP contribution in [0.25, 0.3) is 6.08 Å². The van der Waals surface area contributed by atoms with Gasteiger partial charge in [0.25, 0.3) is 5.91 Å². The van der Waals surface area contributed by atoms with Crippen LogP contribution in [0.2, 0.25) is 0 Å². The van der Waals surface area contributed by atoms with Gasteiger partial charge in [-0.05, 0) is 30.7 Å². The molecule has 1 aliphatic rings. The van der Waals surface area contributed by atoms with Crippen LogP contribution in [-0.2, 0) is 9.53 Å². The number of ether oxygens (including phenoxy) is 1. The van der Waals surface area contributed by atoms with Crippen molar-refractivity contribution >= 4 is 18.0 Å². The molecule has 0 saturated carbocycles. The summed E-state index contributed by atoms with van der Waals surface area (Å²) in [4.78, 5) is 24.3. The summed E-state index contributed by atoms with van der Waals surface area (Å²) in [6.07, 6.45) is 2.19. The van der Waals surface area contributed by atoms with Crippen LogP contribution in [-0.4, -0.2) is 47.7 Å². The van der Waals surface area contributed by atoms with E-state index in [4.69, 9.17) is 9.84 Å². The second-order valence-corrected chi connectivity index (χ2v) is 4.83. The number of carbonyl (C=O) groups is 2. The first kappa shape index (κ1) is 15.2. The number of halogens is 1. The molecule has 1 aromatic carbocycles. The van der Waals surface area contributed by atoms with E-state index in [1.165, 1.54) is 18.2 Å². The van der Waals surface area contributed by atoms with Crippen molar-refractivity contribution in [3.05, 3.63) is 41.2 Å². The summed E-state index contributed by atoms with van der Waals surface area (Å²) >= 11 is 0. The van der Waals surface area contributed by atoms with Crippen LogP contribution in [0.5, 0.6) is 0 Å². The predicted molar refractivity (Wildman–Crippen MR) is 74.4 cm³/mol. The molecule has 1 N–H and O–H groups in total. The van der Waals surface area contributed by atoms with Gasteiger partial charge in [-0.3, -0.25) is 4.79 Å². The van der Waals surface area contributed by atoms with Gasteiger partial charge in [-0.15, -0.1) is 0 Å². The van der Waals surface area contributed by atoms with Gasteiger partial charge in [-0.25, -0.2) is 9.18 Å². The van der Waals surface area contributed by atoms with E-state index in [2.05, 4.69) is 0 Å². The summed E-state index contributed by atoms with van der Waals surface area (Å²) in [7, 11) is 0. The minimum Gasteiger partial charge on any atom is -0.478 e. The molecular weight excluding hydrogens is 277 g/mol. The first-order valence-corrected chi connectivity index (χ1v) is 6.58. The highest BCUT2D eigenvalue weighted by Gasteiger charge is 2.26. The number of hydrogen-bond acceptors (Lipinski definition) is 3. The van der Waals surface area contributed by atoms with E-state index in [0.717, 1.165) is 12.1 Å². The third-order valence-corrected chi connectivity index (χ3v) is 3.27. The molecule has 0 aliphatic carbocycles. The molecule has 1 unspecified atom stereocenters. The van der Waals surface area contributed by atoms with Crippen LogP contribution in [0.3, 0.4) is 0 Å². The minimum atomic E-state index is -1.11. The van der Waals surface area contributed by atoms with Crippen LogP contribution in [0.1, 0.15) is 22.8 Å². The Bertz CT molecular complexity index is 585. The van der Waals surface area contributed by atoms with E-state index in [1.807, 2.05) is 6.92 Å². The number of carboxylic acids is 1. The molecule has 6 heteroatoms. The predicted octanol–water partition coefficient (Wildman–Crippen LogP) is 1.78. The Labute approximate surface area is 121 Å². The molecule has 2 rings (SSSR count). The lowest BCUT2D eigenvalue weighted by atomic mass is 10.1. The molecule has 1 heterocycles. The van der Waals surface area contributed by atoms with E-state index in [0.29, 0.717) is 25.3 Å². The fraction of sp³-hybridized carbons (Fsp3) is 0.333. The lowest BCUT2D eigenvalue weighted by Gasteiger charge is -2.33. The van der Waals surface area contributed by atoms with Gasteiger partial charge in [0, 0.05) is 12.6 Å². The Balaban J connectivity index is 2.20. The van der Waals surface area contributed by atoms with E-state index in [-0.39, 0.29) is 17.5 Å². The summed E-state index contributed by atoms with van der Waals surface area (Å²) < 4.78 is 19.3. The van der Waals surface area contributed by atoms with Gasteiger partial charge < -0.3 is 14.7 Å². The number of rotatable bonds is 3. The van der Waals surface area contributed by atoms with E-state index in [1.54, 1.807) is 4.90 Å². The third kappa shape index (κ3) is 3.66. The fourth-order valence-electron chi connectivity index (χ4n) is 2.16. The highest BCUT2D eigenvalue weighted by Crippen LogP contribution is 2.17. The van der Waals surface area contributed by atoms with Crippen LogP contribution >= 0.6 is 0 Å². The molecule has 0 aromatic heterocycles. The van der Waals surface area contributed by atoms with E-state index in [9.17, 15) is 14.0 Å². The third-order valence-electron chi connectivity index (χ3n) is 3.27. The molecular formula is C15H16FNO4. The molecule has 1 aliphatic heterocycles. The van der Waals surface area contributed by atoms with Gasteiger partial charge >= 0.3 is 5.97 Å². The number of nitrogens with zero attached hydrogens (tertiary/aromatic N) is 1. The maximum Gasteiger partial charge on any atom is 0.328 e. The van der Waals surface area contributed by atoms with Crippen molar-refractivity contribution in [2.24, 2.45) is 0 Å². The molecule has 1 atom stereocenters. The quantitative estimate of drug-likeness (QED) is 0.863. The Hall–Kier alpha value is -2.21. The number of aliphatic carboxylic acids is 1. The molecule has 0 bridgehead atoms. The fourth-order valence-corrected chi connectivity index (χ4v) is 2.16. The second kappa shape index (κ2) is 6.49. The van der Waals surface area contributed by atoms with Crippen LogP contribution < -0.4 is 0 Å². The van der Waals surface area contributed by atoms with E-state index >= 15 is 0 Å². The molecule has 21 heavy (non-hydrogen) atoms. The molecule has 112 valence electrons. The van der Waals surface area contributed by atoms with Gasteiger partial charge in [0.1, 0.15) is 5.82 Å². The molecule has 1 fully saturated rings. The highest BCUT2D eigenvalue weighted by molar-refractivity contribution is 5.95. The smallest absolute Gasteiger partial charge is 0.328 e. The lowest BCUT2D eigenvalue weighted by Crippen LogP contribution is -2.47. The van der Waals surface area contributed by atoms with Gasteiger partial charge in [-0.1, -0.05) is 6.07 Å². The van der Waals surface area contributed by atoms with Crippen LogP contribution in [0.4, 0.5) is 4.39 Å². The summed E-state index contributed by atoms with van der Waals surface area (Å²) in [5.74, 6) is -2.15. The Kier molecular flexibility index (Phi) is 4.70. The van der Waals surface area contributed by atoms with Crippen LogP contribution in [0, 0.1) is 5.82 Å². The summed E-state index contributed by atoms with van der Waals surface area (Å²) in [5.41, 5.74) is 0.373. The Morgan fingerprint density at radius 1 is 1.48 bits per heavy atom. The number of morpholine rings is 1. The maximum atomic E-state index is 14.0. The van der Waals surface area contributed by atoms with Crippen molar-refractivity contribution in [3.63, 3.8) is 0 Å². The minimum absolute atomic E-state index is 0.0174. The first-order chi connectivity index (χ1) is 9.99. The average Bonchev–Trinajstić information content (AvgIpc) is 2.45. The zero-order valence-electron chi connectivity index (χ0n) is 11.6. The number of carboxylic acid groups (broad SMARTS) is 1. The molecule has 1 saturated heterocycles. The number of amides is 1. The summed E-state index contributed by atoms with van der Waals surface area (Å²) in [6.45, 7) is 3.16. The summed E-state index contributed by atoms with van der Waals surface area (Å²) in [6, 6.07) is 3.94. The molecule has 0 spiro atoms. The zero-order valence-corrected chi connectivity index (χ0v) is 11.6. The summed E-state index contributed by atoms with van der Waals surface area (Å²) in [5, 5.41) is 8.53. The number of benzene rings is 1. The van der Waals surface area contributed by atoms with Crippen molar-refractivity contribution < 1.29 is 23.8 Å². The monoisotopic (exact) mass is 293 g/mol.